The third-order valence-corrected chi connectivity index (χ3v) is 4.97. The zero-order valence-corrected chi connectivity index (χ0v) is 12.5. The highest BCUT2D eigenvalue weighted by Gasteiger charge is 2.28. The van der Waals surface area contributed by atoms with Crippen molar-refractivity contribution in [1.29, 1.82) is 0 Å². The Labute approximate surface area is 123 Å². The number of nitro benzene ring substituents is 1. The second-order valence-corrected chi connectivity index (χ2v) is 6.99. The largest absolute Gasteiger partial charge is 0.399 e. The van der Waals surface area contributed by atoms with E-state index >= 15 is 0 Å². The van der Waals surface area contributed by atoms with Gasteiger partial charge in [0.1, 0.15) is 0 Å². The van der Waals surface area contributed by atoms with E-state index in [0.29, 0.717) is 0 Å². The molecule has 1 aromatic rings. The first-order chi connectivity index (χ1) is 9.79. The predicted octanol–water partition coefficient (Wildman–Crippen LogP) is 0.407. The lowest BCUT2D eigenvalue weighted by Crippen LogP contribution is -2.31. The van der Waals surface area contributed by atoms with E-state index in [2.05, 4.69) is 9.62 Å². The molecule has 1 heterocycles. The van der Waals surface area contributed by atoms with Crippen molar-refractivity contribution in [1.82, 2.24) is 9.62 Å². The van der Waals surface area contributed by atoms with E-state index in [1.54, 1.807) is 0 Å². The average molecular weight is 314 g/mol. The number of hydrogen-bond acceptors (Lipinski definition) is 6. The Morgan fingerprint density at radius 2 is 2.24 bits per heavy atom. The van der Waals surface area contributed by atoms with Crippen molar-refractivity contribution in [3.8, 4) is 0 Å². The van der Waals surface area contributed by atoms with Crippen molar-refractivity contribution in [2.75, 3.05) is 32.4 Å². The third-order valence-electron chi connectivity index (χ3n) is 3.52. The monoisotopic (exact) mass is 314 g/mol. The molecule has 1 unspecified atom stereocenters. The molecule has 3 N–H and O–H groups in total. The molecule has 1 atom stereocenters. The maximum atomic E-state index is 12.3. The van der Waals surface area contributed by atoms with Gasteiger partial charge in [0.25, 0.3) is 5.69 Å². The predicted molar refractivity (Wildman–Crippen MR) is 78.3 cm³/mol. The molecule has 2 rings (SSSR count). The van der Waals surface area contributed by atoms with E-state index in [0.717, 1.165) is 31.6 Å². The normalized spacial score (nSPS) is 19.8. The lowest BCUT2D eigenvalue weighted by Gasteiger charge is -2.12. The molecule has 116 valence electrons. The summed E-state index contributed by atoms with van der Waals surface area (Å²) in [6.07, 6.45) is 0.901. The SMILES string of the molecule is CN1CCC(CNS(=O)(=O)c2cc(N)ccc2[N+](=O)[O-])C1. The highest BCUT2D eigenvalue weighted by Crippen LogP contribution is 2.26. The Hall–Kier alpha value is -1.71. The molecule has 0 saturated carbocycles. The molecule has 9 heteroatoms. The fourth-order valence-electron chi connectivity index (χ4n) is 2.40. The number of nitrogens with zero attached hydrogens (tertiary/aromatic N) is 2. The number of nitrogens with one attached hydrogen (secondary N) is 1. The summed E-state index contributed by atoms with van der Waals surface area (Å²) in [5, 5.41) is 10.9. The summed E-state index contributed by atoms with van der Waals surface area (Å²) in [7, 11) is -1.98. The molecule has 0 aromatic heterocycles. The lowest BCUT2D eigenvalue weighted by atomic mass is 10.1. The zero-order chi connectivity index (χ0) is 15.6. The van der Waals surface area contributed by atoms with Crippen LogP contribution >= 0.6 is 0 Å². The molecule has 1 aromatic carbocycles. The van der Waals surface area contributed by atoms with Crippen LogP contribution in [0.1, 0.15) is 6.42 Å². The van der Waals surface area contributed by atoms with Gasteiger partial charge in [-0.05, 0) is 38.1 Å². The molecule has 1 aliphatic heterocycles. The molecular weight excluding hydrogens is 296 g/mol. The average Bonchev–Trinajstić information content (AvgIpc) is 2.82. The van der Waals surface area contributed by atoms with Crippen LogP contribution in [-0.4, -0.2) is 44.9 Å². The van der Waals surface area contributed by atoms with Crippen LogP contribution in [0.25, 0.3) is 0 Å². The molecule has 1 fully saturated rings. The molecule has 0 amide bonds. The minimum Gasteiger partial charge on any atom is -0.399 e. The summed E-state index contributed by atoms with van der Waals surface area (Å²) in [5.41, 5.74) is 5.24. The number of nitrogens with two attached hydrogens (primary N) is 1. The highest BCUT2D eigenvalue weighted by molar-refractivity contribution is 7.89. The molecule has 0 radical (unpaired) electrons. The summed E-state index contributed by atoms with van der Waals surface area (Å²) in [6.45, 7) is 1.99. The molecule has 1 saturated heterocycles. The van der Waals surface area contributed by atoms with Crippen LogP contribution in [0.5, 0.6) is 0 Å². The number of nitro groups is 1. The molecule has 8 nitrogen and oxygen atoms in total. The fraction of sp³-hybridized carbons (Fsp3) is 0.500. The second-order valence-electron chi connectivity index (χ2n) is 5.25. The Morgan fingerprint density at radius 3 is 2.81 bits per heavy atom. The van der Waals surface area contributed by atoms with Crippen molar-refractivity contribution in [2.24, 2.45) is 5.92 Å². The molecule has 0 spiro atoms. The second kappa shape index (κ2) is 5.96. The van der Waals surface area contributed by atoms with Gasteiger partial charge in [0, 0.05) is 24.8 Å². The van der Waals surface area contributed by atoms with Crippen LogP contribution in [-0.2, 0) is 10.0 Å². The van der Waals surface area contributed by atoms with Crippen LogP contribution in [0.2, 0.25) is 0 Å². The maximum Gasteiger partial charge on any atom is 0.289 e. The van der Waals surface area contributed by atoms with Crippen molar-refractivity contribution in [3.63, 3.8) is 0 Å². The summed E-state index contributed by atoms with van der Waals surface area (Å²) in [4.78, 5) is 11.9. The van der Waals surface area contributed by atoms with Crippen molar-refractivity contribution in [2.45, 2.75) is 11.3 Å². The molecule has 0 bridgehead atoms. The van der Waals surface area contributed by atoms with Gasteiger partial charge >= 0.3 is 0 Å². The lowest BCUT2D eigenvalue weighted by molar-refractivity contribution is -0.387. The Morgan fingerprint density at radius 1 is 1.52 bits per heavy atom. The molecule has 21 heavy (non-hydrogen) atoms. The van der Waals surface area contributed by atoms with E-state index in [1.165, 1.54) is 6.07 Å². The third kappa shape index (κ3) is 3.69. The van der Waals surface area contributed by atoms with Crippen LogP contribution in [0.15, 0.2) is 23.1 Å². The van der Waals surface area contributed by atoms with Crippen molar-refractivity contribution < 1.29 is 13.3 Å². The van der Waals surface area contributed by atoms with E-state index in [1.807, 2.05) is 7.05 Å². The maximum absolute atomic E-state index is 12.3. The van der Waals surface area contributed by atoms with Crippen LogP contribution in [0.4, 0.5) is 11.4 Å². The summed E-state index contributed by atoms with van der Waals surface area (Å²) >= 11 is 0. The van der Waals surface area contributed by atoms with Gasteiger partial charge in [-0.15, -0.1) is 0 Å². The Balaban J connectivity index is 2.19. The van der Waals surface area contributed by atoms with Gasteiger partial charge in [0.05, 0.1) is 4.92 Å². The van der Waals surface area contributed by atoms with E-state index in [-0.39, 0.29) is 23.0 Å². The summed E-state index contributed by atoms with van der Waals surface area (Å²) in [6, 6.07) is 3.53. The number of anilines is 1. The topological polar surface area (TPSA) is 119 Å². The van der Waals surface area contributed by atoms with Crippen LogP contribution < -0.4 is 10.5 Å². The smallest absolute Gasteiger partial charge is 0.289 e. The fourth-order valence-corrected chi connectivity index (χ4v) is 3.71. The summed E-state index contributed by atoms with van der Waals surface area (Å²) in [5.74, 6) is 0.213. The first-order valence-electron chi connectivity index (χ1n) is 6.52. The molecule has 0 aliphatic carbocycles. The number of sulfonamides is 1. The quantitative estimate of drug-likeness (QED) is 0.461. The zero-order valence-electron chi connectivity index (χ0n) is 11.7. The van der Waals surface area contributed by atoms with Gasteiger partial charge < -0.3 is 10.6 Å². The number of benzene rings is 1. The minimum atomic E-state index is -3.95. The Bertz CT molecular complexity index is 647. The van der Waals surface area contributed by atoms with Gasteiger partial charge in [0.2, 0.25) is 10.0 Å². The highest BCUT2D eigenvalue weighted by atomic mass is 32.2. The molecule has 1 aliphatic rings. The van der Waals surface area contributed by atoms with Crippen LogP contribution in [0, 0.1) is 16.0 Å². The first kappa shape index (κ1) is 15.7. The Kier molecular flexibility index (Phi) is 4.45. The first-order valence-corrected chi connectivity index (χ1v) is 8.00. The van der Waals surface area contributed by atoms with Crippen LogP contribution in [0.3, 0.4) is 0 Å². The van der Waals surface area contributed by atoms with Gasteiger partial charge in [-0.25, -0.2) is 13.1 Å². The number of likely N-dealkylation sites (tertiary alicyclic amines) is 1. The molecular formula is C12H18N4O4S. The van der Waals surface area contributed by atoms with Crippen molar-refractivity contribution >= 4 is 21.4 Å². The minimum absolute atomic E-state index is 0.168. The number of nitrogen functional groups attached to an aromatic ring is 1. The number of rotatable bonds is 5. The van der Waals surface area contributed by atoms with E-state index < -0.39 is 20.6 Å². The van der Waals surface area contributed by atoms with E-state index in [9.17, 15) is 18.5 Å². The summed E-state index contributed by atoms with van der Waals surface area (Å²) < 4.78 is 27.0. The number of hydrogen-bond donors (Lipinski definition) is 2. The van der Waals surface area contributed by atoms with Gasteiger partial charge in [-0.1, -0.05) is 0 Å². The van der Waals surface area contributed by atoms with Gasteiger partial charge in [0.15, 0.2) is 4.90 Å². The van der Waals surface area contributed by atoms with E-state index in [4.69, 9.17) is 5.73 Å². The standard InChI is InChI=1S/C12H18N4O4S/c1-15-5-4-9(8-15)7-14-21(19,20)12-6-10(13)2-3-11(12)16(17)18/h2-3,6,9,14H,4-5,7-8,13H2,1H3. The van der Waals surface area contributed by atoms with Gasteiger partial charge in [-0.2, -0.15) is 0 Å². The van der Waals surface area contributed by atoms with Gasteiger partial charge in [-0.3, -0.25) is 10.1 Å². The van der Waals surface area contributed by atoms with Crippen molar-refractivity contribution in [3.05, 3.63) is 28.3 Å².